The molecule has 0 spiro atoms. The van der Waals surface area contributed by atoms with Crippen LogP contribution in [0.25, 0.3) is 0 Å². The van der Waals surface area contributed by atoms with Crippen LogP contribution in [-0.2, 0) is 19.1 Å². The number of esters is 1. The molecule has 1 aliphatic rings. The summed E-state index contributed by atoms with van der Waals surface area (Å²) in [4.78, 5) is 55.5. The van der Waals surface area contributed by atoms with Crippen LogP contribution < -0.4 is 5.32 Å². The molecule has 0 bridgehead atoms. The SMILES string of the molecule is CCOC(=O)CNC(=O)C1C(=O)N(C(=O)c2cncc(Br)c2)CC1c1ccccc1. The van der Waals surface area contributed by atoms with E-state index in [0.29, 0.717) is 4.47 Å². The van der Waals surface area contributed by atoms with Gasteiger partial charge in [0, 0.05) is 29.3 Å². The van der Waals surface area contributed by atoms with Gasteiger partial charge in [0.2, 0.25) is 11.8 Å². The van der Waals surface area contributed by atoms with Crippen LogP contribution in [0, 0.1) is 5.92 Å². The number of amides is 3. The van der Waals surface area contributed by atoms with Gasteiger partial charge in [0.05, 0.1) is 12.2 Å². The van der Waals surface area contributed by atoms with Crippen molar-refractivity contribution in [3.8, 4) is 0 Å². The molecular formula is C21H20BrN3O5. The van der Waals surface area contributed by atoms with Crippen molar-refractivity contribution in [1.82, 2.24) is 15.2 Å². The lowest BCUT2D eigenvalue weighted by Crippen LogP contribution is -2.41. The van der Waals surface area contributed by atoms with Crippen LogP contribution in [0.3, 0.4) is 0 Å². The van der Waals surface area contributed by atoms with Crippen LogP contribution in [0.4, 0.5) is 0 Å². The number of pyridine rings is 1. The minimum atomic E-state index is -1.13. The van der Waals surface area contributed by atoms with Gasteiger partial charge in [-0.25, -0.2) is 0 Å². The summed E-state index contributed by atoms with van der Waals surface area (Å²) in [5.41, 5.74) is 0.988. The smallest absolute Gasteiger partial charge is 0.325 e. The van der Waals surface area contributed by atoms with Gasteiger partial charge in [0.1, 0.15) is 12.5 Å². The van der Waals surface area contributed by atoms with Gasteiger partial charge in [-0.3, -0.25) is 29.1 Å². The number of carbonyl (C=O) groups excluding carboxylic acids is 4. The fraction of sp³-hybridized carbons (Fsp3) is 0.286. The number of imide groups is 1. The standard InChI is InChI=1S/C21H20BrN3O5/c1-2-30-17(26)11-24-19(27)18-16(13-6-4-3-5-7-13)12-25(21(18)29)20(28)14-8-15(22)10-23-9-14/h3-10,16,18H,2,11-12H2,1H3,(H,24,27). The van der Waals surface area contributed by atoms with Crippen LogP contribution in [0.1, 0.15) is 28.8 Å². The molecule has 2 unspecified atom stereocenters. The number of likely N-dealkylation sites (tertiary alicyclic amines) is 1. The number of carbonyl (C=O) groups is 4. The first-order valence-corrected chi connectivity index (χ1v) is 10.2. The lowest BCUT2D eigenvalue weighted by molar-refractivity contribution is -0.145. The molecule has 9 heteroatoms. The summed E-state index contributed by atoms with van der Waals surface area (Å²) >= 11 is 3.26. The molecule has 156 valence electrons. The van der Waals surface area contributed by atoms with E-state index in [1.807, 2.05) is 6.07 Å². The molecule has 30 heavy (non-hydrogen) atoms. The van der Waals surface area contributed by atoms with Crippen LogP contribution >= 0.6 is 15.9 Å². The third-order valence-corrected chi connectivity index (χ3v) is 5.17. The number of aromatic nitrogens is 1. The molecule has 8 nitrogen and oxygen atoms in total. The van der Waals surface area contributed by atoms with Gasteiger partial charge in [0.15, 0.2) is 0 Å². The fourth-order valence-corrected chi connectivity index (χ4v) is 3.74. The zero-order valence-corrected chi connectivity index (χ0v) is 17.8. The van der Waals surface area contributed by atoms with E-state index < -0.39 is 35.5 Å². The van der Waals surface area contributed by atoms with Crippen molar-refractivity contribution >= 4 is 39.6 Å². The summed E-state index contributed by atoms with van der Waals surface area (Å²) in [6.07, 6.45) is 2.90. The van der Waals surface area contributed by atoms with Crippen molar-refractivity contribution in [3.63, 3.8) is 0 Å². The molecule has 2 aromatic rings. The maximum Gasteiger partial charge on any atom is 0.325 e. The Bertz CT molecular complexity index is 966. The molecular weight excluding hydrogens is 454 g/mol. The molecule has 1 N–H and O–H groups in total. The van der Waals surface area contributed by atoms with E-state index in [9.17, 15) is 19.2 Å². The van der Waals surface area contributed by atoms with E-state index in [0.717, 1.165) is 10.5 Å². The van der Waals surface area contributed by atoms with Gasteiger partial charge in [0.25, 0.3) is 5.91 Å². The van der Waals surface area contributed by atoms with Crippen LogP contribution in [-0.4, -0.2) is 53.3 Å². The molecule has 0 saturated carbocycles. The second kappa shape index (κ2) is 9.62. The predicted octanol–water partition coefficient (Wildman–Crippen LogP) is 1.91. The lowest BCUT2D eigenvalue weighted by atomic mass is 9.88. The third-order valence-electron chi connectivity index (χ3n) is 4.73. The Kier molecular flexibility index (Phi) is 6.94. The minimum Gasteiger partial charge on any atom is -0.465 e. The van der Waals surface area contributed by atoms with Crippen LogP contribution in [0.5, 0.6) is 0 Å². The van der Waals surface area contributed by atoms with Crippen LogP contribution in [0.2, 0.25) is 0 Å². The molecule has 3 rings (SSSR count). The van der Waals surface area contributed by atoms with E-state index in [2.05, 4.69) is 26.2 Å². The molecule has 1 fully saturated rings. The fourth-order valence-electron chi connectivity index (χ4n) is 3.37. The normalized spacial score (nSPS) is 18.2. The van der Waals surface area contributed by atoms with Crippen LogP contribution in [0.15, 0.2) is 53.3 Å². The summed E-state index contributed by atoms with van der Waals surface area (Å²) in [5, 5.41) is 2.46. The van der Waals surface area contributed by atoms with Crippen molar-refractivity contribution in [3.05, 3.63) is 64.4 Å². The van der Waals surface area contributed by atoms with E-state index in [1.165, 1.54) is 12.4 Å². The Morgan fingerprint density at radius 1 is 1.23 bits per heavy atom. The molecule has 2 heterocycles. The van der Waals surface area contributed by atoms with Crippen molar-refractivity contribution in [2.75, 3.05) is 19.7 Å². The molecule has 3 amide bonds. The maximum absolute atomic E-state index is 13.1. The third kappa shape index (κ3) is 4.73. The summed E-state index contributed by atoms with van der Waals surface area (Å²) in [5.74, 6) is -4.04. The zero-order chi connectivity index (χ0) is 21.7. The van der Waals surface area contributed by atoms with Gasteiger partial charge in [-0.1, -0.05) is 30.3 Å². The number of hydrogen-bond acceptors (Lipinski definition) is 6. The molecule has 1 aliphatic heterocycles. The number of halogens is 1. The lowest BCUT2D eigenvalue weighted by Gasteiger charge is -2.16. The summed E-state index contributed by atoms with van der Waals surface area (Å²) in [7, 11) is 0. The highest BCUT2D eigenvalue weighted by Gasteiger charge is 2.48. The highest BCUT2D eigenvalue weighted by molar-refractivity contribution is 9.10. The van der Waals surface area contributed by atoms with E-state index in [-0.39, 0.29) is 25.3 Å². The Balaban J connectivity index is 1.86. The highest BCUT2D eigenvalue weighted by Crippen LogP contribution is 2.35. The number of nitrogens with zero attached hydrogens (tertiary/aromatic N) is 2. The topological polar surface area (TPSA) is 106 Å². The van der Waals surface area contributed by atoms with Gasteiger partial charge < -0.3 is 10.1 Å². The second-order valence-electron chi connectivity index (χ2n) is 6.66. The van der Waals surface area contributed by atoms with Gasteiger partial charge in [-0.15, -0.1) is 0 Å². The Morgan fingerprint density at radius 2 is 1.97 bits per heavy atom. The first kappa shape index (κ1) is 21.6. The van der Waals surface area contributed by atoms with E-state index in [4.69, 9.17) is 4.74 Å². The largest absolute Gasteiger partial charge is 0.465 e. The Morgan fingerprint density at radius 3 is 2.63 bits per heavy atom. The van der Waals surface area contributed by atoms with E-state index >= 15 is 0 Å². The maximum atomic E-state index is 13.1. The average molecular weight is 474 g/mol. The van der Waals surface area contributed by atoms with Gasteiger partial charge in [-0.05, 0) is 34.5 Å². The summed E-state index contributed by atoms with van der Waals surface area (Å²) in [6.45, 7) is 1.55. The average Bonchev–Trinajstić information content (AvgIpc) is 3.09. The monoisotopic (exact) mass is 473 g/mol. The van der Waals surface area contributed by atoms with Crippen molar-refractivity contribution in [2.45, 2.75) is 12.8 Å². The number of rotatable bonds is 6. The number of ether oxygens (including phenoxy) is 1. The first-order valence-electron chi connectivity index (χ1n) is 9.37. The highest BCUT2D eigenvalue weighted by atomic mass is 79.9. The molecule has 0 aliphatic carbocycles. The number of nitrogens with one attached hydrogen (secondary N) is 1. The Hall–Kier alpha value is -3.07. The van der Waals surface area contributed by atoms with Gasteiger partial charge >= 0.3 is 5.97 Å². The molecule has 2 atom stereocenters. The van der Waals surface area contributed by atoms with Crippen molar-refractivity contribution < 1.29 is 23.9 Å². The summed E-state index contributed by atoms with van der Waals surface area (Å²) in [6, 6.07) is 10.6. The number of benzene rings is 1. The first-order chi connectivity index (χ1) is 14.4. The van der Waals surface area contributed by atoms with Gasteiger partial charge in [-0.2, -0.15) is 0 Å². The zero-order valence-electron chi connectivity index (χ0n) is 16.2. The molecule has 1 aromatic carbocycles. The minimum absolute atomic E-state index is 0.0473. The van der Waals surface area contributed by atoms with Crippen molar-refractivity contribution in [1.29, 1.82) is 0 Å². The molecule has 0 radical (unpaired) electrons. The molecule has 1 aromatic heterocycles. The second-order valence-corrected chi connectivity index (χ2v) is 7.58. The van der Waals surface area contributed by atoms with Crippen molar-refractivity contribution in [2.24, 2.45) is 5.92 Å². The quantitative estimate of drug-likeness (QED) is 0.390. The summed E-state index contributed by atoms with van der Waals surface area (Å²) < 4.78 is 5.41. The number of hydrogen-bond donors (Lipinski definition) is 1. The predicted molar refractivity (Wildman–Crippen MR) is 110 cm³/mol. The Labute approximate surface area is 181 Å². The molecule has 1 saturated heterocycles. The van der Waals surface area contributed by atoms with E-state index in [1.54, 1.807) is 37.3 Å².